The molecule has 0 aliphatic carbocycles. The van der Waals surface area contributed by atoms with Crippen LogP contribution < -0.4 is 10.2 Å². The van der Waals surface area contributed by atoms with Crippen LogP contribution in [0.2, 0.25) is 5.02 Å². The van der Waals surface area contributed by atoms with Crippen molar-refractivity contribution < 1.29 is 19.4 Å². The Morgan fingerprint density at radius 3 is 2.50 bits per heavy atom. The molecule has 0 atom stereocenters. The molecule has 0 saturated carbocycles. The number of aromatic nitrogens is 3. The number of rotatable bonds is 10. The first kappa shape index (κ1) is 25.0. The molecule has 4 aromatic rings. The van der Waals surface area contributed by atoms with Gasteiger partial charge in [-0.3, -0.25) is 9.36 Å². The van der Waals surface area contributed by atoms with Gasteiger partial charge in [0.25, 0.3) is 5.91 Å². The summed E-state index contributed by atoms with van der Waals surface area (Å²) in [4.78, 5) is 23.2. The van der Waals surface area contributed by atoms with E-state index in [1.54, 1.807) is 36.4 Å². The molecule has 0 radical (unpaired) electrons. The van der Waals surface area contributed by atoms with Crippen LogP contribution in [0.5, 0.6) is 5.75 Å². The fourth-order valence-corrected chi connectivity index (χ4v) is 4.02. The third-order valence-electron chi connectivity index (χ3n) is 4.75. The molecule has 11 heteroatoms. The summed E-state index contributed by atoms with van der Waals surface area (Å²) in [6.45, 7) is -0.478. The smallest absolute Gasteiger partial charge is 0.341 e. The highest BCUT2D eigenvalue weighted by Crippen LogP contribution is 2.28. The molecular formula is C25H20ClN5O4S. The van der Waals surface area contributed by atoms with Gasteiger partial charge in [-0.1, -0.05) is 53.7 Å². The Morgan fingerprint density at radius 1 is 1.03 bits per heavy atom. The van der Waals surface area contributed by atoms with E-state index in [0.717, 1.165) is 11.3 Å². The number of para-hydroxylation sites is 2. The lowest BCUT2D eigenvalue weighted by Crippen LogP contribution is -2.20. The van der Waals surface area contributed by atoms with Crippen molar-refractivity contribution in [1.29, 1.82) is 0 Å². The molecule has 3 aromatic carbocycles. The minimum Gasteiger partial charge on any atom is -0.481 e. The van der Waals surface area contributed by atoms with Crippen LogP contribution in [0.15, 0.2) is 89.1 Å². The van der Waals surface area contributed by atoms with Crippen molar-refractivity contribution >= 4 is 41.5 Å². The molecule has 36 heavy (non-hydrogen) atoms. The average molecular weight is 522 g/mol. The Morgan fingerprint density at radius 2 is 1.75 bits per heavy atom. The van der Waals surface area contributed by atoms with Crippen LogP contribution in [0.1, 0.15) is 5.56 Å². The van der Waals surface area contributed by atoms with Crippen molar-refractivity contribution in [2.24, 2.45) is 5.10 Å². The van der Waals surface area contributed by atoms with E-state index in [9.17, 15) is 9.59 Å². The molecule has 0 aliphatic heterocycles. The largest absolute Gasteiger partial charge is 0.481 e. The molecule has 0 bridgehead atoms. The molecule has 0 spiro atoms. The second-order valence-corrected chi connectivity index (χ2v) is 8.67. The zero-order chi connectivity index (χ0) is 25.3. The van der Waals surface area contributed by atoms with Gasteiger partial charge in [0, 0.05) is 21.8 Å². The molecule has 0 aliphatic rings. The van der Waals surface area contributed by atoms with E-state index in [1.807, 2.05) is 47.0 Å². The second kappa shape index (κ2) is 12.0. The van der Waals surface area contributed by atoms with Crippen molar-refractivity contribution in [3.63, 3.8) is 0 Å². The number of benzene rings is 3. The van der Waals surface area contributed by atoms with Crippen LogP contribution in [-0.2, 0) is 9.59 Å². The fourth-order valence-electron chi connectivity index (χ4n) is 3.15. The van der Waals surface area contributed by atoms with E-state index >= 15 is 0 Å². The highest BCUT2D eigenvalue weighted by molar-refractivity contribution is 7.99. The topological polar surface area (TPSA) is 119 Å². The summed E-state index contributed by atoms with van der Waals surface area (Å²) in [6.07, 6.45) is 1.39. The molecule has 4 rings (SSSR count). The van der Waals surface area contributed by atoms with Gasteiger partial charge in [-0.05, 0) is 48.5 Å². The average Bonchev–Trinajstić information content (AvgIpc) is 3.32. The number of nitrogens with one attached hydrogen (secondary N) is 1. The number of hydrazone groups is 1. The number of ether oxygens (including phenoxy) is 1. The third kappa shape index (κ3) is 6.49. The number of carboxylic acids is 1. The molecule has 1 aromatic heterocycles. The number of halogens is 1. The first-order valence-electron chi connectivity index (χ1n) is 10.7. The maximum atomic E-state index is 12.4. The van der Waals surface area contributed by atoms with Gasteiger partial charge in [0.15, 0.2) is 17.6 Å². The standard InChI is InChI=1S/C25H20ClN5O4S/c26-19-12-10-17(11-13-19)24-29-30-25(31(24)20-7-2-1-3-8-20)36-16-22(32)28-27-14-18-6-4-5-9-21(18)35-15-23(33)34/h1-14H,15-16H2,(H,28,32)(H,33,34). The van der Waals surface area contributed by atoms with Crippen molar-refractivity contribution in [3.8, 4) is 22.8 Å². The predicted octanol–water partition coefficient (Wildman–Crippen LogP) is 4.29. The summed E-state index contributed by atoms with van der Waals surface area (Å²) < 4.78 is 7.10. The van der Waals surface area contributed by atoms with Crippen LogP contribution >= 0.6 is 23.4 Å². The van der Waals surface area contributed by atoms with Crippen LogP contribution in [-0.4, -0.2) is 50.3 Å². The quantitative estimate of drug-likeness (QED) is 0.181. The second-order valence-electron chi connectivity index (χ2n) is 7.29. The van der Waals surface area contributed by atoms with E-state index in [-0.39, 0.29) is 11.7 Å². The number of hydrogen-bond acceptors (Lipinski definition) is 7. The maximum absolute atomic E-state index is 12.4. The monoisotopic (exact) mass is 521 g/mol. The van der Waals surface area contributed by atoms with Crippen LogP contribution in [0.3, 0.4) is 0 Å². The van der Waals surface area contributed by atoms with E-state index in [0.29, 0.717) is 27.3 Å². The number of thioether (sulfide) groups is 1. The van der Waals surface area contributed by atoms with Gasteiger partial charge in [0.05, 0.1) is 12.0 Å². The molecule has 0 unspecified atom stereocenters. The molecule has 2 N–H and O–H groups in total. The number of carbonyl (C=O) groups excluding carboxylic acids is 1. The van der Waals surface area contributed by atoms with Gasteiger partial charge in [0.1, 0.15) is 5.75 Å². The van der Waals surface area contributed by atoms with E-state index in [2.05, 4.69) is 20.7 Å². The van der Waals surface area contributed by atoms with Gasteiger partial charge in [-0.2, -0.15) is 5.10 Å². The van der Waals surface area contributed by atoms with Crippen molar-refractivity contribution in [2.75, 3.05) is 12.4 Å². The van der Waals surface area contributed by atoms with Gasteiger partial charge in [0.2, 0.25) is 0 Å². The summed E-state index contributed by atoms with van der Waals surface area (Å²) in [5, 5.41) is 22.6. The number of nitrogens with zero attached hydrogens (tertiary/aromatic N) is 4. The van der Waals surface area contributed by atoms with Gasteiger partial charge < -0.3 is 9.84 Å². The first-order valence-corrected chi connectivity index (χ1v) is 12.0. The maximum Gasteiger partial charge on any atom is 0.341 e. The normalized spacial score (nSPS) is 10.9. The highest BCUT2D eigenvalue weighted by atomic mass is 35.5. The number of amides is 1. The summed E-state index contributed by atoms with van der Waals surface area (Å²) in [5.74, 6) is -0.430. The van der Waals surface area contributed by atoms with Crippen molar-refractivity contribution in [3.05, 3.63) is 89.4 Å². The lowest BCUT2D eigenvalue weighted by atomic mass is 10.2. The lowest BCUT2D eigenvalue weighted by Gasteiger charge is -2.10. The van der Waals surface area contributed by atoms with Gasteiger partial charge in [-0.15, -0.1) is 10.2 Å². The Balaban J connectivity index is 1.45. The Bertz CT molecular complexity index is 1380. The predicted molar refractivity (Wildman–Crippen MR) is 138 cm³/mol. The SMILES string of the molecule is O=C(O)COc1ccccc1C=NNC(=O)CSc1nnc(-c2ccc(Cl)cc2)n1-c1ccccc1. The van der Waals surface area contributed by atoms with Crippen molar-refractivity contribution in [2.45, 2.75) is 5.16 Å². The number of hydrogen-bond donors (Lipinski definition) is 2. The molecule has 9 nitrogen and oxygen atoms in total. The number of carbonyl (C=O) groups is 2. The van der Waals surface area contributed by atoms with Gasteiger partial charge >= 0.3 is 5.97 Å². The summed E-state index contributed by atoms with van der Waals surface area (Å²) in [6, 6.07) is 23.7. The molecule has 1 amide bonds. The Hall–Kier alpha value is -4.15. The molecular weight excluding hydrogens is 502 g/mol. The molecule has 1 heterocycles. The highest BCUT2D eigenvalue weighted by Gasteiger charge is 2.17. The Labute approximate surface area is 215 Å². The van der Waals surface area contributed by atoms with Gasteiger partial charge in [-0.25, -0.2) is 10.2 Å². The summed E-state index contributed by atoms with van der Waals surface area (Å²) in [7, 11) is 0. The van der Waals surface area contributed by atoms with E-state index < -0.39 is 12.6 Å². The van der Waals surface area contributed by atoms with Crippen molar-refractivity contribution in [1.82, 2.24) is 20.2 Å². The molecule has 0 fully saturated rings. The first-order chi connectivity index (χ1) is 17.5. The molecule has 182 valence electrons. The number of carboxylic acid groups (broad SMARTS) is 1. The summed E-state index contributed by atoms with van der Waals surface area (Å²) >= 11 is 7.25. The minimum absolute atomic E-state index is 0.0418. The Kier molecular flexibility index (Phi) is 8.32. The van der Waals surface area contributed by atoms with Crippen LogP contribution in [0.25, 0.3) is 17.1 Å². The molecule has 0 saturated heterocycles. The lowest BCUT2D eigenvalue weighted by molar-refractivity contribution is -0.139. The van der Waals surface area contributed by atoms with Crippen LogP contribution in [0, 0.1) is 0 Å². The zero-order valence-electron chi connectivity index (χ0n) is 18.7. The fraction of sp³-hybridized carbons (Fsp3) is 0.0800. The number of aliphatic carboxylic acids is 1. The summed E-state index contributed by atoms with van der Waals surface area (Å²) in [5.41, 5.74) is 4.68. The third-order valence-corrected chi connectivity index (χ3v) is 5.93. The minimum atomic E-state index is -1.09. The zero-order valence-corrected chi connectivity index (χ0v) is 20.3. The van der Waals surface area contributed by atoms with E-state index in [1.165, 1.54) is 18.0 Å². The van der Waals surface area contributed by atoms with E-state index in [4.69, 9.17) is 21.4 Å². The van der Waals surface area contributed by atoms with Crippen LogP contribution in [0.4, 0.5) is 0 Å².